The summed E-state index contributed by atoms with van der Waals surface area (Å²) >= 11 is 0. The Morgan fingerprint density at radius 1 is 0.806 bits per heavy atom. The van der Waals surface area contributed by atoms with Crippen molar-refractivity contribution in [1.29, 1.82) is 0 Å². The van der Waals surface area contributed by atoms with Gasteiger partial charge >= 0.3 is 12.2 Å². The van der Waals surface area contributed by atoms with Gasteiger partial charge in [-0.2, -0.15) is 5.09 Å². The maximum Gasteiger partial charge on any atom is 0.436 e. The number of nitrogens with one attached hydrogen (secondary N) is 2. The number of hydrogen-bond donors (Lipinski definition) is 2. The molecule has 1 saturated heterocycles. The summed E-state index contributed by atoms with van der Waals surface area (Å²) < 4.78 is 22.5. The highest BCUT2D eigenvalue weighted by molar-refractivity contribution is 7.85. The lowest BCUT2D eigenvalue weighted by molar-refractivity contribution is 0.0663. The van der Waals surface area contributed by atoms with E-state index in [9.17, 15) is 9.59 Å². The molecule has 1 aliphatic heterocycles. The molecule has 2 N–H and O–H groups in total. The van der Waals surface area contributed by atoms with Crippen LogP contribution in [0.25, 0.3) is 0 Å². The SMILES string of the molecule is CC(C)OC(=O)NN(C(=O)OC(C)C)P1(=NC(C)(C)C)N(C(C)(C)C)[PH+](NC(C)(C)C)N1C(C)(C)C. The second-order valence-corrected chi connectivity index (χ2v) is 18.8. The first-order valence-electron chi connectivity index (χ1n) is 12.7. The fraction of sp³-hybridized carbons (Fsp3) is 0.917. The van der Waals surface area contributed by atoms with E-state index in [2.05, 4.69) is 81.7 Å². The Bertz CT molecular complexity index is 825. The fourth-order valence-corrected chi connectivity index (χ4v) is 13.5. The van der Waals surface area contributed by atoms with Crippen molar-refractivity contribution in [3.63, 3.8) is 0 Å². The Labute approximate surface area is 221 Å². The fourth-order valence-electron chi connectivity index (χ4n) is 3.79. The van der Waals surface area contributed by atoms with E-state index in [0.717, 1.165) is 0 Å². The lowest BCUT2D eigenvalue weighted by Gasteiger charge is -2.62. The van der Waals surface area contributed by atoms with Crippen molar-refractivity contribution in [1.82, 2.24) is 24.2 Å². The highest BCUT2D eigenvalue weighted by atomic mass is 31.3. The number of nitrogens with zero attached hydrogens (tertiary/aromatic N) is 4. The molecule has 0 spiro atoms. The standard InChI is InChI=1S/C24H52N6O4P2/c1-17(2)33-19(31)25-28(20(32)34-18(3)4)36(27-22(8,9)10)29(23(11,12)13)35(26-21(5,6)7)30(36)24(14,15)16/h17-18,26H,1-16H3,(H,25,31)/p+1. The van der Waals surface area contributed by atoms with Crippen LogP contribution in [-0.4, -0.2) is 60.2 Å². The Kier molecular flexibility index (Phi) is 10.2. The van der Waals surface area contributed by atoms with Gasteiger partial charge in [0.15, 0.2) is 0 Å². The molecule has 2 amide bonds. The summed E-state index contributed by atoms with van der Waals surface area (Å²) in [4.78, 5) is 26.8. The average molecular weight is 552 g/mol. The van der Waals surface area contributed by atoms with Gasteiger partial charge in [0.1, 0.15) is 0 Å². The predicted molar refractivity (Wildman–Crippen MR) is 152 cm³/mol. The number of carbonyl (C=O) groups is 2. The molecule has 0 aromatic carbocycles. The van der Waals surface area contributed by atoms with Crippen molar-refractivity contribution < 1.29 is 19.1 Å². The number of rotatable bonds is 4. The van der Waals surface area contributed by atoms with E-state index in [0.29, 0.717) is 0 Å². The van der Waals surface area contributed by atoms with E-state index >= 15 is 0 Å². The molecule has 0 saturated carbocycles. The van der Waals surface area contributed by atoms with E-state index in [-0.39, 0.29) is 17.7 Å². The van der Waals surface area contributed by atoms with Gasteiger partial charge in [-0.25, -0.2) is 19.8 Å². The van der Waals surface area contributed by atoms with Crippen LogP contribution in [0, 0.1) is 0 Å². The van der Waals surface area contributed by atoms with Gasteiger partial charge in [0, 0.05) is 5.54 Å². The van der Waals surface area contributed by atoms with Crippen molar-refractivity contribution in [3.8, 4) is 0 Å². The third-order valence-corrected chi connectivity index (χ3v) is 14.3. The van der Waals surface area contributed by atoms with Crippen molar-refractivity contribution in [2.75, 3.05) is 0 Å². The second kappa shape index (κ2) is 11.1. The molecular weight excluding hydrogens is 498 g/mol. The molecule has 0 aliphatic carbocycles. The first kappa shape index (κ1) is 33.1. The topological polar surface area (TPSA) is 98.7 Å². The first-order valence-corrected chi connectivity index (χ1v) is 15.7. The highest BCUT2D eigenvalue weighted by Crippen LogP contribution is 2.87. The Balaban J connectivity index is 4.09. The Morgan fingerprint density at radius 2 is 1.22 bits per heavy atom. The normalized spacial score (nSPS) is 22.3. The molecule has 0 bridgehead atoms. The zero-order valence-corrected chi connectivity index (χ0v) is 27.4. The van der Waals surface area contributed by atoms with Crippen molar-refractivity contribution in [2.45, 2.75) is 145 Å². The molecule has 0 radical (unpaired) electrons. The molecule has 10 nitrogen and oxygen atoms in total. The predicted octanol–water partition coefficient (Wildman–Crippen LogP) is 7.19. The molecule has 1 heterocycles. The van der Waals surface area contributed by atoms with Gasteiger partial charge in [-0.15, -0.1) is 4.78 Å². The third-order valence-electron chi connectivity index (χ3n) is 4.45. The van der Waals surface area contributed by atoms with Gasteiger partial charge in [0.25, 0.3) is 7.51 Å². The summed E-state index contributed by atoms with van der Waals surface area (Å²) in [6, 6.07) is 0. The van der Waals surface area contributed by atoms with Gasteiger partial charge in [-0.05, 0) is 111 Å². The van der Waals surface area contributed by atoms with E-state index in [1.807, 2.05) is 20.8 Å². The lowest BCUT2D eigenvalue weighted by Crippen LogP contribution is -2.65. The number of hydrogen-bond acceptors (Lipinski definition) is 6. The molecule has 0 aromatic rings. The van der Waals surface area contributed by atoms with Crippen LogP contribution in [0.4, 0.5) is 9.59 Å². The van der Waals surface area contributed by atoms with Crippen LogP contribution in [0.1, 0.15) is 111 Å². The minimum absolute atomic E-state index is 0.188. The third kappa shape index (κ3) is 8.29. The molecule has 0 aromatic heterocycles. The summed E-state index contributed by atoms with van der Waals surface area (Å²) in [6.45, 7) is 32.2. The minimum atomic E-state index is -3.10. The monoisotopic (exact) mass is 551 g/mol. The van der Waals surface area contributed by atoms with Crippen molar-refractivity contribution in [3.05, 3.63) is 0 Å². The average Bonchev–Trinajstić information content (AvgIpc) is 2.51. The van der Waals surface area contributed by atoms with Gasteiger partial charge in [0.05, 0.1) is 28.8 Å². The Hall–Kier alpha value is -0.920. The minimum Gasteiger partial charge on any atom is -0.446 e. The quantitative estimate of drug-likeness (QED) is 0.282. The zero-order chi connectivity index (χ0) is 28.7. The van der Waals surface area contributed by atoms with Gasteiger partial charge in [-0.3, -0.25) is 0 Å². The maximum atomic E-state index is 13.8. The number of amides is 2. The molecule has 1 rings (SSSR count). The molecule has 1 aliphatic rings. The van der Waals surface area contributed by atoms with Gasteiger partial charge < -0.3 is 9.47 Å². The first-order chi connectivity index (χ1) is 15.8. The molecule has 212 valence electrons. The van der Waals surface area contributed by atoms with E-state index < -0.39 is 44.7 Å². The summed E-state index contributed by atoms with van der Waals surface area (Å²) in [7, 11) is -4.70. The molecule has 0 unspecified atom stereocenters. The van der Waals surface area contributed by atoms with Crippen molar-refractivity contribution in [2.24, 2.45) is 4.74 Å². The molecule has 12 heteroatoms. The number of hydrazine groups is 1. The summed E-state index contributed by atoms with van der Waals surface area (Å²) in [5, 5.41) is 3.83. The maximum absolute atomic E-state index is 13.8. The van der Waals surface area contributed by atoms with Crippen molar-refractivity contribution >= 4 is 28.1 Å². The molecule has 1 fully saturated rings. The van der Waals surface area contributed by atoms with E-state index in [1.165, 1.54) is 4.78 Å². The Morgan fingerprint density at radius 3 is 1.53 bits per heavy atom. The molecule has 36 heavy (non-hydrogen) atoms. The van der Waals surface area contributed by atoms with Crippen LogP contribution in [0.5, 0.6) is 0 Å². The largest absolute Gasteiger partial charge is 0.446 e. The number of carbonyl (C=O) groups excluding carboxylic acids is 2. The lowest BCUT2D eigenvalue weighted by atomic mass is 10.1. The van der Waals surface area contributed by atoms with Gasteiger partial charge in [0.2, 0.25) is 8.37 Å². The van der Waals surface area contributed by atoms with Gasteiger partial charge in [-0.1, -0.05) is 8.88 Å². The summed E-state index contributed by atoms with van der Waals surface area (Å²) in [5.74, 6) is 0. The van der Waals surface area contributed by atoms with E-state index in [1.54, 1.807) is 27.7 Å². The number of ether oxygens (including phenoxy) is 2. The molecular formula is C24H53N6O4P2+. The highest BCUT2D eigenvalue weighted by Gasteiger charge is 2.74. The van der Waals surface area contributed by atoms with Crippen LogP contribution >= 0.6 is 15.9 Å². The second-order valence-electron chi connectivity index (χ2n) is 13.8. The zero-order valence-electron chi connectivity index (χ0n) is 25.5. The van der Waals surface area contributed by atoms with Crippen LogP contribution in [0.2, 0.25) is 0 Å². The van der Waals surface area contributed by atoms with Crippen LogP contribution in [0.3, 0.4) is 0 Å². The summed E-state index contributed by atoms with van der Waals surface area (Å²) in [5.41, 5.74) is 1.26. The summed E-state index contributed by atoms with van der Waals surface area (Å²) in [6.07, 6.45) is -2.13. The smallest absolute Gasteiger partial charge is 0.436 e. The van der Waals surface area contributed by atoms with Crippen LogP contribution in [0.15, 0.2) is 4.74 Å². The molecule has 0 atom stereocenters. The van der Waals surface area contributed by atoms with Crippen LogP contribution in [-0.2, 0) is 9.47 Å². The van der Waals surface area contributed by atoms with E-state index in [4.69, 9.17) is 14.2 Å². The van der Waals surface area contributed by atoms with Crippen LogP contribution < -0.4 is 10.5 Å².